The van der Waals surface area contributed by atoms with Crippen LogP contribution in [0.1, 0.15) is 42.0 Å². The number of hydrogen-bond acceptors (Lipinski definition) is 5. The van der Waals surface area contributed by atoms with E-state index >= 15 is 0 Å². The SMILES string of the molecule is CCC(=O)[C@@H]1Cn2nc3c(c2C(=O)N(C)O1)CN(C(=O)Nc1ccc(F)c(Cl)c1F)[C@H](C)C3. The van der Waals surface area contributed by atoms with E-state index in [1.165, 1.54) is 16.6 Å². The van der Waals surface area contributed by atoms with Gasteiger partial charge in [0.25, 0.3) is 5.91 Å². The molecule has 1 aromatic heterocycles. The van der Waals surface area contributed by atoms with Gasteiger partial charge in [0.15, 0.2) is 17.7 Å². The maximum absolute atomic E-state index is 14.3. The van der Waals surface area contributed by atoms with Crippen molar-refractivity contribution in [2.45, 2.75) is 51.9 Å². The molecule has 0 aliphatic carbocycles. The van der Waals surface area contributed by atoms with Crippen LogP contribution in [0.5, 0.6) is 0 Å². The topological polar surface area (TPSA) is 96.8 Å². The van der Waals surface area contributed by atoms with Crippen molar-refractivity contribution in [2.24, 2.45) is 0 Å². The summed E-state index contributed by atoms with van der Waals surface area (Å²) in [7, 11) is 1.42. The molecule has 1 aromatic carbocycles. The lowest BCUT2D eigenvalue weighted by molar-refractivity contribution is -0.166. The highest BCUT2D eigenvalue weighted by atomic mass is 35.5. The van der Waals surface area contributed by atoms with Crippen LogP contribution in [-0.4, -0.2) is 56.7 Å². The predicted octanol–water partition coefficient (Wildman–Crippen LogP) is 3.16. The molecule has 3 amide bonds. The molecule has 0 radical (unpaired) electrons. The zero-order valence-corrected chi connectivity index (χ0v) is 18.9. The zero-order chi connectivity index (χ0) is 24.0. The third-order valence-corrected chi connectivity index (χ3v) is 6.19. The maximum atomic E-state index is 14.3. The molecule has 0 saturated carbocycles. The molecule has 2 atom stereocenters. The van der Waals surface area contributed by atoms with E-state index in [-0.39, 0.29) is 42.7 Å². The maximum Gasteiger partial charge on any atom is 0.322 e. The third-order valence-electron chi connectivity index (χ3n) is 5.84. The summed E-state index contributed by atoms with van der Waals surface area (Å²) in [5.41, 5.74) is 1.15. The number of fused-ring (bicyclic) bond motifs is 3. The summed E-state index contributed by atoms with van der Waals surface area (Å²) in [6.07, 6.45) is -0.257. The summed E-state index contributed by atoms with van der Waals surface area (Å²) in [6.45, 7) is 3.61. The number of rotatable bonds is 3. The Hall–Kier alpha value is -3.05. The summed E-state index contributed by atoms with van der Waals surface area (Å²) in [5, 5.41) is 7.24. The van der Waals surface area contributed by atoms with Crippen LogP contribution < -0.4 is 5.32 Å². The van der Waals surface area contributed by atoms with Gasteiger partial charge in [-0.2, -0.15) is 5.10 Å². The van der Waals surface area contributed by atoms with Crippen molar-refractivity contribution in [3.8, 4) is 0 Å². The summed E-state index contributed by atoms with van der Waals surface area (Å²) in [4.78, 5) is 45.1. The minimum Gasteiger partial charge on any atom is -0.317 e. The number of aromatic nitrogens is 2. The lowest BCUT2D eigenvalue weighted by Gasteiger charge is -2.33. The average molecular weight is 482 g/mol. The molecule has 176 valence electrons. The molecule has 12 heteroatoms. The second-order valence-corrected chi connectivity index (χ2v) is 8.38. The Kier molecular flexibility index (Phi) is 6.10. The van der Waals surface area contributed by atoms with Crippen LogP contribution in [0, 0.1) is 11.6 Å². The van der Waals surface area contributed by atoms with Gasteiger partial charge in [-0.3, -0.25) is 19.1 Å². The molecule has 1 N–H and O–H groups in total. The van der Waals surface area contributed by atoms with E-state index in [4.69, 9.17) is 16.4 Å². The predicted molar refractivity (Wildman–Crippen MR) is 114 cm³/mol. The molecule has 9 nitrogen and oxygen atoms in total. The van der Waals surface area contributed by atoms with Gasteiger partial charge in [0, 0.05) is 31.5 Å². The third kappa shape index (κ3) is 4.06. The Labute approximate surface area is 193 Å². The van der Waals surface area contributed by atoms with Crippen LogP contribution in [0.25, 0.3) is 0 Å². The highest BCUT2D eigenvalue weighted by Crippen LogP contribution is 2.30. The Balaban J connectivity index is 1.63. The standard InChI is InChI=1S/C21H22ClF2N5O4/c1-4-15(30)16-9-29-19(20(31)27(3)33-16)11-8-28(10(2)7-14(11)26-29)21(32)25-13-6-5-12(23)17(22)18(13)24/h5-6,10,16H,4,7-9H2,1-3H3,(H,25,32)/t10-,16+/m1/s1. The van der Waals surface area contributed by atoms with Crippen molar-refractivity contribution in [3.05, 3.63) is 45.7 Å². The Morgan fingerprint density at radius 1 is 1.33 bits per heavy atom. The molecule has 2 aromatic rings. The van der Waals surface area contributed by atoms with Gasteiger partial charge in [-0.05, 0) is 19.1 Å². The van der Waals surface area contributed by atoms with Crippen molar-refractivity contribution in [1.82, 2.24) is 19.7 Å². The number of hydrogen-bond donors (Lipinski definition) is 1. The number of nitrogens with one attached hydrogen (secondary N) is 1. The number of ketones is 1. The smallest absolute Gasteiger partial charge is 0.317 e. The van der Waals surface area contributed by atoms with Gasteiger partial charge < -0.3 is 10.2 Å². The molecule has 0 bridgehead atoms. The second kappa shape index (κ2) is 8.71. The van der Waals surface area contributed by atoms with Gasteiger partial charge in [-0.1, -0.05) is 18.5 Å². The first-order chi connectivity index (χ1) is 15.6. The number of urea groups is 1. The highest BCUT2D eigenvalue weighted by molar-refractivity contribution is 6.31. The van der Waals surface area contributed by atoms with Gasteiger partial charge in [-0.25, -0.2) is 18.6 Å². The largest absolute Gasteiger partial charge is 0.322 e. The first-order valence-corrected chi connectivity index (χ1v) is 10.8. The fraction of sp³-hybridized carbons (Fsp3) is 0.429. The van der Waals surface area contributed by atoms with E-state index < -0.39 is 34.7 Å². The zero-order valence-electron chi connectivity index (χ0n) is 18.2. The Morgan fingerprint density at radius 2 is 2.06 bits per heavy atom. The monoisotopic (exact) mass is 481 g/mol. The number of amides is 3. The van der Waals surface area contributed by atoms with Crippen LogP contribution >= 0.6 is 11.6 Å². The molecule has 2 aliphatic heterocycles. The quantitative estimate of drug-likeness (QED) is 0.679. The number of nitrogens with zero attached hydrogens (tertiary/aromatic N) is 4. The fourth-order valence-electron chi connectivity index (χ4n) is 4.01. The minimum absolute atomic E-state index is 0.0280. The molecule has 2 aliphatic rings. The number of anilines is 1. The Morgan fingerprint density at radius 3 is 2.76 bits per heavy atom. The van der Waals surface area contributed by atoms with Crippen LogP contribution in [-0.2, 0) is 29.1 Å². The number of carbonyl (C=O) groups is 3. The normalized spacial score (nSPS) is 20.2. The fourth-order valence-corrected chi connectivity index (χ4v) is 4.18. The molecular weight excluding hydrogens is 460 g/mol. The van der Waals surface area contributed by atoms with Crippen LogP contribution in [0.4, 0.5) is 19.3 Å². The number of benzene rings is 1. The number of Topliss-reactive ketones (excluding diaryl/α,β-unsaturated/α-hetero) is 1. The molecule has 0 unspecified atom stereocenters. The molecule has 0 saturated heterocycles. The van der Waals surface area contributed by atoms with Crippen molar-refractivity contribution < 1.29 is 28.0 Å². The van der Waals surface area contributed by atoms with E-state index in [1.54, 1.807) is 13.8 Å². The lowest BCUT2D eigenvalue weighted by Crippen LogP contribution is -2.45. The van der Waals surface area contributed by atoms with Crippen LogP contribution in [0.3, 0.4) is 0 Å². The van der Waals surface area contributed by atoms with E-state index in [0.717, 1.165) is 17.2 Å². The first-order valence-electron chi connectivity index (χ1n) is 10.4. The van der Waals surface area contributed by atoms with E-state index in [2.05, 4.69) is 10.4 Å². The van der Waals surface area contributed by atoms with Gasteiger partial charge >= 0.3 is 6.03 Å². The van der Waals surface area contributed by atoms with Crippen molar-refractivity contribution in [2.75, 3.05) is 12.4 Å². The summed E-state index contributed by atoms with van der Waals surface area (Å²) < 4.78 is 29.2. The second-order valence-electron chi connectivity index (χ2n) is 8.01. The van der Waals surface area contributed by atoms with Crippen LogP contribution in [0.2, 0.25) is 5.02 Å². The van der Waals surface area contributed by atoms with E-state index in [9.17, 15) is 23.2 Å². The Bertz CT molecular complexity index is 1150. The average Bonchev–Trinajstić information content (AvgIpc) is 3.07. The first kappa shape index (κ1) is 23.1. The van der Waals surface area contributed by atoms with Gasteiger partial charge in [0.05, 0.1) is 24.5 Å². The lowest BCUT2D eigenvalue weighted by atomic mass is 9.99. The molecule has 3 heterocycles. The van der Waals surface area contributed by atoms with Gasteiger partial charge in [-0.15, -0.1) is 0 Å². The summed E-state index contributed by atoms with van der Waals surface area (Å²) in [6, 6.07) is 1.08. The molecule has 4 rings (SSSR count). The van der Waals surface area contributed by atoms with Gasteiger partial charge in [0.2, 0.25) is 0 Å². The molecule has 0 spiro atoms. The molecular formula is C21H22ClF2N5O4. The minimum atomic E-state index is -1.07. The number of hydroxylamine groups is 2. The highest BCUT2D eigenvalue weighted by Gasteiger charge is 2.38. The number of halogens is 3. The van der Waals surface area contributed by atoms with Crippen molar-refractivity contribution in [1.29, 1.82) is 0 Å². The van der Waals surface area contributed by atoms with Gasteiger partial charge in [0.1, 0.15) is 16.5 Å². The van der Waals surface area contributed by atoms with Crippen molar-refractivity contribution in [3.63, 3.8) is 0 Å². The van der Waals surface area contributed by atoms with Crippen LogP contribution in [0.15, 0.2) is 12.1 Å². The number of carbonyl (C=O) groups excluding carboxylic acids is 3. The van der Waals surface area contributed by atoms with Crippen molar-refractivity contribution >= 4 is 35.0 Å². The summed E-state index contributed by atoms with van der Waals surface area (Å²) in [5.74, 6) is -2.66. The van der Waals surface area contributed by atoms with E-state index in [0.29, 0.717) is 17.7 Å². The molecule has 33 heavy (non-hydrogen) atoms. The van der Waals surface area contributed by atoms with E-state index in [1.807, 2.05) is 0 Å². The molecule has 0 fully saturated rings. The summed E-state index contributed by atoms with van der Waals surface area (Å²) >= 11 is 5.60.